The number of allylic oxidation sites excluding steroid dienone is 2. The largest absolute Gasteiger partial charge is 0.508 e. The Morgan fingerprint density at radius 2 is 1.72 bits per heavy atom. The Labute approximate surface area is 275 Å². The molecule has 4 aliphatic rings. The number of nitrogens with one attached hydrogen (secondary N) is 1. The van der Waals surface area contributed by atoms with Gasteiger partial charge in [0.25, 0.3) is 11.8 Å². The first kappa shape index (κ1) is 30.3. The summed E-state index contributed by atoms with van der Waals surface area (Å²) in [6.07, 6.45) is 2.49. The number of phenolic OH excluding ortho intramolecular Hbond substituents is 1. The molecule has 11 heteroatoms. The molecule has 2 aliphatic carbocycles. The Kier molecular flexibility index (Phi) is 7.36. The molecule has 3 aromatic rings. The molecular weight excluding hydrogens is 629 g/mol. The van der Waals surface area contributed by atoms with E-state index in [-0.39, 0.29) is 35.6 Å². The summed E-state index contributed by atoms with van der Waals surface area (Å²) in [5.74, 6) is -4.22. The molecule has 3 fully saturated rings. The molecule has 236 valence electrons. The highest BCUT2D eigenvalue weighted by atomic mass is 35.5. The molecule has 0 unspecified atom stereocenters. The summed E-state index contributed by atoms with van der Waals surface area (Å²) in [7, 11) is 1.55. The van der Waals surface area contributed by atoms with Crippen LogP contribution in [0.4, 0.5) is 5.69 Å². The second kappa shape index (κ2) is 11.2. The predicted octanol–water partition coefficient (Wildman–Crippen LogP) is 5.71. The van der Waals surface area contributed by atoms with E-state index in [1.165, 1.54) is 11.0 Å². The molecule has 2 aliphatic heterocycles. The quantitative estimate of drug-likeness (QED) is 0.257. The van der Waals surface area contributed by atoms with Gasteiger partial charge in [-0.25, -0.2) is 0 Å². The average Bonchev–Trinajstić information content (AvgIpc) is 3.42. The van der Waals surface area contributed by atoms with Crippen LogP contribution in [-0.2, 0) is 24.6 Å². The number of nitrogens with zero attached hydrogens (tertiary/aromatic N) is 2. The highest BCUT2D eigenvalue weighted by Gasteiger charge is 2.70. The Morgan fingerprint density at radius 3 is 2.39 bits per heavy atom. The molecule has 2 heterocycles. The van der Waals surface area contributed by atoms with Crippen LogP contribution in [0.15, 0.2) is 78.4 Å². The van der Waals surface area contributed by atoms with Crippen LogP contribution >= 0.6 is 23.2 Å². The van der Waals surface area contributed by atoms with Crippen molar-refractivity contribution in [3.05, 3.63) is 99.6 Å². The fourth-order valence-electron chi connectivity index (χ4n) is 8.30. The average molecular weight is 661 g/mol. The molecule has 1 saturated carbocycles. The van der Waals surface area contributed by atoms with E-state index in [0.29, 0.717) is 34.0 Å². The van der Waals surface area contributed by atoms with Gasteiger partial charge in [0, 0.05) is 17.5 Å². The first-order valence-corrected chi connectivity index (χ1v) is 16.0. The van der Waals surface area contributed by atoms with Gasteiger partial charge in [-0.2, -0.15) is 5.01 Å². The zero-order valence-corrected chi connectivity index (χ0v) is 26.6. The van der Waals surface area contributed by atoms with Crippen LogP contribution in [0.5, 0.6) is 11.5 Å². The molecule has 46 heavy (non-hydrogen) atoms. The molecule has 4 amide bonds. The van der Waals surface area contributed by atoms with Crippen molar-refractivity contribution in [2.45, 2.75) is 31.1 Å². The second-order valence-corrected chi connectivity index (χ2v) is 13.1. The van der Waals surface area contributed by atoms with E-state index in [0.717, 1.165) is 10.6 Å². The molecule has 6 atom stereocenters. The molecule has 0 bridgehead atoms. The van der Waals surface area contributed by atoms with Gasteiger partial charge in [0.1, 0.15) is 11.5 Å². The molecule has 7 rings (SSSR count). The van der Waals surface area contributed by atoms with E-state index in [1.807, 2.05) is 12.1 Å². The minimum absolute atomic E-state index is 0.000631. The summed E-state index contributed by atoms with van der Waals surface area (Å²) >= 11 is 12.6. The molecular formula is C35H31Cl2N3O6. The van der Waals surface area contributed by atoms with E-state index in [1.54, 1.807) is 68.6 Å². The van der Waals surface area contributed by atoms with Crippen molar-refractivity contribution in [2.75, 3.05) is 19.1 Å². The molecule has 0 radical (unpaired) electrons. The van der Waals surface area contributed by atoms with Crippen LogP contribution in [0.1, 0.15) is 36.8 Å². The number of hydrazine groups is 1. The maximum Gasteiger partial charge on any atom is 0.260 e. The number of benzene rings is 3. The summed E-state index contributed by atoms with van der Waals surface area (Å²) in [5, 5.41) is 12.3. The first-order valence-electron chi connectivity index (χ1n) is 15.2. The predicted molar refractivity (Wildman–Crippen MR) is 171 cm³/mol. The number of likely N-dealkylation sites (tertiary alicyclic amines) is 1. The van der Waals surface area contributed by atoms with Gasteiger partial charge in [0.05, 0.1) is 41.0 Å². The molecule has 2 saturated heterocycles. The lowest BCUT2D eigenvalue weighted by Gasteiger charge is -2.50. The summed E-state index contributed by atoms with van der Waals surface area (Å²) in [5.41, 5.74) is 3.83. The smallest absolute Gasteiger partial charge is 0.260 e. The van der Waals surface area contributed by atoms with Gasteiger partial charge in [-0.1, -0.05) is 59.1 Å². The lowest BCUT2D eigenvalue weighted by molar-refractivity contribution is -0.141. The van der Waals surface area contributed by atoms with Crippen molar-refractivity contribution >= 4 is 52.5 Å². The Hall–Kier alpha value is -4.34. The summed E-state index contributed by atoms with van der Waals surface area (Å²) in [6, 6.07) is 18.5. The minimum Gasteiger partial charge on any atom is -0.508 e. The topological polar surface area (TPSA) is 116 Å². The monoisotopic (exact) mass is 659 g/mol. The summed E-state index contributed by atoms with van der Waals surface area (Å²) < 4.78 is 5.42. The number of fused-ring (bicyclic) bond motifs is 4. The Bertz CT molecular complexity index is 1830. The summed E-state index contributed by atoms with van der Waals surface area (Å²) in [6.45, 7) is 2.04. The number of carbonyl (C=O) groups excluding carboxylic acids is 4. The Morgan fingerprint density at radius 1 is 0.957 bits per heavy atom. The van der Waals surface area contributed by atoms with Gasteiger partial charge in [0.2, 0.25) is 11.8 Å². The lowest BCUT2D eigenvalue weighted by Crippen LogP contribution is -2.53. The van der Waals surface area contributed by atoms with Gasteiger partial charge < -0.3 is 9.84 Å². The zero-order valence-electron chi connectivity index (χ0n) is 25.1. The number of rotatable bonds is 6. The number of aromatic hydroxyl groups is 1. The number of hydrogen-bond acceptors (Lipinski definition) is 7. The van der Waals surface area contributed by atoms with Crippen LogP contribution < -0.4 is 10.2 Å². The molecule has 3 aromatic carbocycles. The van der Waals surface area contributed by atoms with Gasteiger partial charge in [-0.05, 0) is 79.3 Å². The third-order valence-electron chi connectivity index (χ3n) is 10.2. The normalized spacial score (nSPS) is 28.5. The summed E-state index contributed by atoms with van der Waals surface area (Å²) in [4.78, 5) is 58.2. The van der Waals surface area contributed by atoms with E-state index in [4.69, 9.17) is 27.9 Å². The zero-order chi connectivity index (χ0) is 32.5. The fraction of sp³-hybridized carbons (Fsp3) is 0.314. The maximum atomic E-state index is 15.1. The molecule has 0 spiro atoms. The van der Waals surface area contributed by atoms with Crippen LogP contribution in [0.3, 0.4) is 0 Å². The maximum absolute atomic E-state index is 15.1. The number of ether oxygens (including phenoxy) is 1. The van der Waals surface area contributed by atoms with Crippen molar-refractivity contribution in [1.29, 1.82) is 0 Å². The minimum atomic E-state index is -1.48. The van der Waals surface area contributed by atoms with Gasteiger partial charge in [-0.15, -0.1) is 0 Å². The fourth-order valence-corrected chi connectivity index (χ4v) is 8.75. The SMILES string of the molecule is CCN1C(=O)[C@H]2[C@H](CC=C3[C@H]2C[C@H]2C(=O)N(Nc4ccc(Cl)cc4Cl)C(=O)[C@@]2(c2ccc(OC)cc2)[C@H]3c2cccc(O)c2)C1=O. The number of carbonyl (C=O) groups is 4. The number of halogens is 2. The number of amides is 4. The highest BCUT2D eigenvalue weighted by Crippen LogP contribution is 2.64. The van der Waals surface area contributed by atoms with Crippen molar-refractivity contribution in [2.24, 2.45) is 23.7 Å². The highest BCUT2D eigenvalue weighted by molar-refractivity contribution is 6.36. The van der Waals surface area contributed by atoms with Crippen molar-refractivity contribution in [3.63, 3.8) is 0 Å². The number of hydrogen-bond donors (Lipinski definition) is 2. The Balaban J connectivity index is 1.46. The number of anilines is 1. The second-order valence-electron chi connectivity index (χ2n) is 12.2. The third-order valence-corrected chi connectivity index (χ3v) is 10.7. The van der Waals surface area contributed by atoms with E-state index in [2.05, 4.69) is 5.43 Å². The van der Waals surface area contributed by atoms with Gasteiger partial charge in [0.15, 0.2) is 0 Å². The van der Waals surface area contributed by atoms with Crippen molar-refractivity contribution in [3.8, 4) is 11.5 Å². The van der Waals surface area contributed by atoms with Crippen LogP contribution in [-0.4, -0.2) is 52.3 Å². The first-order chi connectivity index (χ1) is 22.1. The van der Waals surface area contributed by atoms with E-state index < -0.39 is 46.8 Å². The molecule has 0 aromatic heterocycles. The van der Waals surface area contributed by atoms with Crippen LogP contribution in [0.25, 0.3) is 0 Å². The van der Waals surface area contributed by atoms with Gasteiger partial charge in [-0.3, -0.25) is 29.5 Å². The van der Waals surface area contributed by atoms with E-state index in [9.17, 15) is 19.5 Å². The van der Waals surface area contributed by atoms with Crippen LogP contribution in [0, 0.1) is 23.7 Å². The standard InChI is InChI=1S/C35H31Cl2N3O6/c1-3-39-31(42)24-13-12-23-25(29(24)33(39)44)17-26-32(43)40(38-28-14-9-20(36)16-27(28)37)34(45)35(26,19-7-10-22(46-2)11-8-19)30(23)18-5-4-6-21(41)15-18/h4-12,14-16,24-26,29-30,38,41H,3,13,17H2,1-2H3/t24-,25+,26-,29-,30-,35+/m0/s1. The van der Waals surface area contributed by atoms with E-state index >= 15 is 4.79 Å². The number of imide groups is 2. The molecule has 9 nitrogen and oxygen atoms in total. The number of phenols is 1. The van der Waals surface area contributed by atoms with Crippen LogP contribution in [0.2, 0.25) is 10.0 Å². The third kappa shape index (κ3) is 4.28. The molecule has 2 N–H and O–H groups in total. The lowest BCUT2D eigenvalue weighted by atomic mass is 9.49. The van der Waals surface area contributed by atoms with Gasteiger partial charge >= 0.3 is 0 Å². The van der Waals surface area contributed by atoms with Crippen molar-refractivity contribution < 1.29 is 29.0 Å². The van der Waals surface area contributed by atoms with Crippen molar-refractivity contribution in [1.82, 2.24) is 9.91 Å². The number of methoxy groups -OCH3 is 1.